The standard InChI is InChI=1S/C34H59N3O7/c1-22(2)25(18-24-12-15-28(38)29(19-24)43-17-11-16-42-10)20-26(37-32(41)44-33(5,6)7)13-14-27(23(3)4)30(39)36-21-34(8,9)31(35)40/h12,15,19,22-23,25-27,38H,11,13-14,16-18,20-21H2,1-10H3,(H2,35,40)(H,36,39)(H,37,41). The number of methoxy groups -OCH3 is 1. The maximum atomic E-state index is 13.2. The zero-order valence-corrected chi connectivity index (χ0v) is 28.7. The monoisotopic (exact) mass is 621 g/mol. The first-order valence-corrected chi connectivity index (χ1v) is 15.9. The maximum absolute atomic E-state index is 13.2. The Balaban J connectivity index is 3.12. The summed E-state index contributed by atoms with van der Waals surface area (Å²) in [4.78, 5) is 37.8. The number of ether oxygens (including phenoxy) is 3. The number of nitrogens with two attached hydrogens (primary N) is 1. The molecule has 0 aliphatic carbocycles. The largest absolute Gasteiger partial charge is 0.504 e. The summed E-state index contributed by atoms with van der Waals surface area (Å²) in [5.41, 5.74) is 5.01. The van der Waals surface area contributed by atoms with Gasteiger partial charge in [-0.1, -0.05) is 33.8 Å². The van der Waals surface area contributed by atoms with Crippen molar-refractivity contribution >= 4 is 17.9 Å². The number of primary amides is 1. The molecule has 5 N–H and O–H groups in total. The minimum atomic E-state index is -0.856. The number of nitrogens with one attached hydrogen (secondary N) is 2. The van der Waals surface area contributed by atoms with Crippen molar-refractivity contribution in [2.75, 3.05) is 26.9 Å². The van der Waals surface area contributed by atoms with E-state index in [2.05, 4.69) is 24.5 Å². The molecule has 0 radical (unpaired) electrons. The molecule has 10 heteroatoms. The number of phenolic OH excluding ortho intramolecular Hbond substituents is 1. The van der Waals surface area contributed by atoms with E-state index in [1.165, 1.54) is 0 Å². The van der Waals surface area contributed by atoms with E-state index in [0.29, 0.717) is 44.6 Å². The highest BCUT2D eigenvalue weighted by atomic mass is 16.6. The van der Waals surface area contributed by atoms with E-state index >= 15 is 0 Å². The third kappa shape index (κ3) is 14.6. The highest BCUT2D eigenvalue weighted by molar-refractivity contribution is 5.83. The highest BCUT2D eigenvalue weighted by Gasteiger charge is 2.30. The third-order valence-corrected chi connectivity index (χ3v) is 7.86. The molecule has 1 aromatic rings. The van der Waals surface area contributed by atoms with Crippen LogP contribution in [0.2, 0.25) is 0 Å². The van der Waals surface area contributed by atoms with Crippen LogP contribution in [-0.2, 0) is 25.5 Å². The van der Waals surface area contributed by atoms with E-state index in [1.807, 2.05) is 46.8 Å². The van der Waals surface area contributed by atoms with Gasteiger partial charge in [-0.15, -0.1) is 0 Å². The van der Waals surface area contributed by atoms with Crippen molar-refractivity contribution in [2.24, 2.45) is 34.8 Å². The van der Waals surface area contributed by atoms with E-state index in [9.17, 15) is 19.5 Å². The number of carbonyl (C=O) groups excluding carboxylic acids is 3. The molecule has 10 nitrogen and oxygen atoms in total. The molecule has 3 unspecified atom stereocenters. The Hall–Kier alpha value is -3.01. The molecule has 44 heavy (non-hydrogen) atoms. The van der Waals surface area contributed by atoms with Gasteiger partial charge in [-0.25, -0.2) is 4.79 Å². The van der Waals surface area contributed by atoms with Gasteiger partial charge in [0.25, 0.3) is 0 Å². The van der Waals surface area contributed by atoms with Crippen LogP contribution in [0.5, 0.6) is 11.5 Å². The molecule has 0 saturated carbocycles. The molecule has 0 heterocycles. The first-order chi connectivity index (χ1) is 20.4. The highest BCUT2D eigenvalue weighted by Crippen LogP contribution is 2.31. The molecule has 3 atom stereocenters. The van der Waals surface area contributed by atoms with Gasteiger partial charge >= 0.3 is 6.09 Å². The number of alkyl carbamates (subject to hydrolysis) is 1. The number of rotatable bonds is 19. The lowest BCUT2D eigenvalue weighted by atomic mass is 9.81. The Kier molecular flexibility index (Phi) is 16.0. The van der Waals surface area contributed by atoms with Crippen LogP contribution < -0.4 is 21.1 Å². The van der Waals surface area contributed by atoms with Crippen LogP contribution in [0.4, 0.5) is 4.79 Å². The molecule has 0 saturated heterocycles. The molecule has 0 fully saturated rings. The van der Waals surface area contributed by atoms with Gasteiger partial charge in [0.05, 0.1) is 12.0 Å². The molecule has 1 aromatic carbocycles. The van der Waals surface area contributed by atoms with Gasteiger partial charge < -0.3 is 35.7 Å². The molecule has 0 aliphatic rings. The Morgan fingerprint density at radius 1 is 0.977 bits per heavy atom. The number of hydrogen-bond acceptors (Lipinski definition) is 7. The second kappa shape index (κ2) is 18.1. The fraction of sp³-hybridized carbons (Fsp3) is 0.735. The van der Waals surface area contributed by atoms with Crippen LogP contribution in [-0.4, -0.2) is 61.5 Å². The van der Waals surface area contributed by atoms with E-state index in [1.54, 1.807) is 27.0 Å². The number of amides is 3. The predicted molar refractivity (Wildman–Crippen MR) is 173 cm³/mol. The van der Waals surface area contributed by atoms with Crippen LogP contribution in [0.3, 0.4) is 0 Å². The smallest absolute Gasteiger partial charge is 0.407 e. The summed E-state index contributed by atoms with van der Waals surface area (Å²) in [6.45, 7) is 18.4. The zero-order chi connectivity index (χ0) is 33.7. The normalized spacial score (nSPS) is 14.2. The molecule has 3 amide bonds. The maximum Gasteiger partial charge on any atom is 0.407 e. The Morgan fingerprint density at radius 3 is 2.18 bits per heavy atom. The van der Waals surface area contributed by atoms with Gasteiger partial charge in [-0.2, -0.15) is 0 Å². The number of aromatic hydroxyl groups is 1. The minimum absolute atomic E-state index is 0.0501. The number of hydrogen-bond donors (Lipinski definition) is 4. The molecule has 0 aromatic heterocycles. The summed E-state index contributed by atoms with van der Waals surface area (Å²) >= 11 is 0. The summed E-state index contributed by atoms with van der Waals surface area (Å²) in [6, 6.07) is 5.19. The second-order valence-electron chi connectivity index (χ2n) is 14.2. The van der Waals surface area contributed by atoms with Gasteiger partial charge in [-0.3, -0.25) is 9.59 Å². The summed E-state index contributed by atoms with van der Waals surface area (Å²) < 4.78 is 16.5. The van der Waals surface area contributed by atoms with Crippen molar-refractivity contribution in [3.8, 4) is 11.5 Å². The van der Waals surface area contributed by atoms with Crippen LogP contribution >= 0.6 is 0 Å². The molecular weight excluding hydrogens is 562 g/mol. The SMILES string of the molecule is COCCCOc1cc(CC(CC(CCC(C(=O)NCC(C)(C)C(N)=O)C(C)C)NC(=O)OC(C)(C)C)C(C)C)ccc1O. The lowest BCUT2D eigenvalue weighted by molar-refractivity contribution is -0.129. The van der Waals surface area contributed by atoms with Gasteiger partial charge in [0, 0.05) is 38.6 Å². The lowest BCUT2D eigenvalue weighted by Crippen LogP contribution is -2.45. The van der Waals surface area contributed by atoms with Crippen molar-refractivity contribution < 1.29 is 33.7 Å². The fourth-order valence-electron chi connectivity index (χ4n) is 4.84. The first kappa shape index (κ1) is 39.0. The fourth-order valence-corrected chi connectivity index (χ4v) is 4.84. The third-order valence-electron chi connectivity index (χ3n) is 7.86. The van der Waals surface area contributed by atoms with Crippen molar-refractivity contribution in [1.82, 2.24) is 10.6 Å². The summed E-state index contributed by atoms with van der Waals surface area (Å²) in [7, 11) is 1.64. The van der Waals surface area contributed by atoms with Gasteiger partial charge in [0.2, 0.25) is 11.8 Å². The van der Waals surface area contributed by atoms with Crippen LogP contribution in [0.1, 0.15) is 93.6 Å². The Bertz CT molecular complexity index is 1050. The minimum Gasteiger partial charge on any atom is -0.504 e. The summed E-state index contributed by atoms with van der Waals surface area (Å²) in [6.07, 6.45) is 2.73. The molecule has 1 rings (SSSR count). The average molecular weight is 622 g/mol. The number of carbonyl (C=O) groups is 3. The van der Waals surface area contributed by atoms with Gasteiger partial charge in [-0.05, 0) is 95.8 Å². The van der Waals surface area contributed by atoms with E-state index in [4.69, 9.17) is 19.9 Å². The van der Waals surface area contributed by atoms with Gasteiger partial charge in [0.1, 0.15) is 5.60 Å². The number of phenols is 1. The predicted octanol–water partition coefficient (Wildman–Crippen LogP) is 5.59. The molecule has 0 spiro atoms. The summed E-state index contributed by atoms with van der Waals surface area (Å²) in [5.74, 6) is 0.139. The van der Waals surface area contributed by atoms with E-state index in [0.717, 1.165) is 12.0 Å². The zero-order valence-electron chi connectivity index (χ0n) is 28.7. The first-order valence-electron chi connectivity index (χ1n) is 15.9. The van der Waals surface area contributed by atoms with Gasteiger partial charge in [0.15, 0.2) is 11.5 Å². The topological polar surface area (TPSA) is 149 Å². The average Bonchev–Trinajstić information content (AvgIpc) is 2.89. The van der Waals surface area contributed by atoms with E-state index < -0.39 is 23.0 Å². The van der Waals surface area contributed by atoms with Crippen LogP contribution in [0.25, 0.3) is 0 Å². The molecule has 0 aliphatic heterocycles. The van der Waals surface area contributed by atoms with Crippen LogP contribution in [0.15, 0.2) is 18.2 Å². The second-order valence-corrected chi connectivity index (χ2v) is 14.2. The Morgan fingerprint density at radius 2 is 1.64 bits per heavy atom. The Labute approximate surface area is 265 Å². The van der Waals surface area contributed by atoms with Crippen molar-refractivity contribution in [3.05, 3.63) is 23.8 Å². The molecule has 252 valence electrons. The van der Waals surface area contributed by atoms with Crippen molar-refractivity contribution in [1.29, 1.82) is 0 Å². The van der Waals surface area contributed by atoms with Crippen molar-refractivity contribution in [3.63, 3.8) is 0 Å². The van der Waals surface area contributed by atoms with Crippen LogP contribution in [0, 0.1) is 29.1 Å². The van der Waals surface area contributed by atoms with E-state index in [-0.39, 0.29) is 47.9 Å². The number of benzene rings is 1. The van der Waals surface area contributed by atoms with Crippen molar-refractivity contribution in [2.45, 2.75) is 106 Å². The molecular formula is C34H59N3O7. The quantitative estimate of drug-likeness (QED) is 0.147. The molecule has 0 bridgehead atoms. The summed E-state index contributed by atoms with van der Waals surface area (Å²) in [5, 5.41) is 16.3. The lowest BCUT2D eigenvalue weighted by Gasteiger charge is -2.30.